The highest BCUT2D eigenvalue weighted by Crippen LogP contribution is 2.37. The average Bonchev–Trinajstić information content (AvgIpc) is 2.59. The van der Waals surface area contributed by atoms with E-state index >= 15 is 0 Å². The number of halogens is 4. The van der Waals surface area contributed by atoms with Crippen molar-refractivity contribution in [2.75, 3.05) is 0 Å². The number of carbonyl (C=O) groups is 1. The third kappa shape index (κ3) is 4.02. The van der Waals surface area contributed by atoms with Crippen LogP contribution in [0.15, 0.2) is 24.3 Å². The van der Waals surface area contributed by atoms with Crippen LogP contribution in [0.3, 0.4) is 0 Å². The highest BCUT2D eigenvalue weighted by Gasteiger charge is 2.31. The minimum Gasteiger partial charge on any atom is -0.477 e. The Bertz CT molecular complexity index is 875. The number of hydrogen-bond acceptors (Lipinski definition) is 4. The maximum atomic E-state index is 14.2. The van der Waals surface area contributed by atoms with Crippen molar-refractivity contribution in [2.45, 2.75) is 38.6 Å². The van der Waals surface area contributed by atoms with Crippen molar-refractivity contribution in [1.29, 1.82) is 0 Å². The number of pyridine rings is 1. The van der Waals surface area contributed by atoms with Crippen LogP contribution in [0.4, 0.5) is 17.6 Å². The molecule has 5 nitrogen and oxygen atoms in total. The van der Waals surface area contributed by atoms with Gasteiger partial charge < -0.3 is 14.6 Å². The lowest BCUT2D eigenvalue weighted by Crippen LogP contribution is -2.36. The molecule has 2 heterocycles. The molecule has 0 saturated heterocycles. The Kier molecular flexibility index (Phi) is 5.31. The molecule has 1 N–H and O–H groups in total. The van der Waals surface area contributed by atoms with Crippen LogP contribution in [-0.4, -0.2) is 34.9 Å². The van der Waals surface area contributed by atoms with E-state index in [-0.39, 0.29) is 29.8 Å². The van der Waals surface area contributed by atoms with Crippen molar-refractivity contribution < 1.29 is 36.9 Å². The lowest BCUT2D eigenvalue weighted by Gasteiger charge is -2.30. The first-order valence-corrected chi connectivity index (χ1v) is 8.09. The van der Waals surface area contributed by atoms with Gasteiger partial charge in [-0.05, 0) is 43.5 Å². The zero-order valence-electron chi connectivity index (χ0n) is 14.1. The summed E-state index contributed by atoms with van der Waals surface area (Å²) in [6.07, 6.45) is -1.17. The fourth-order valence-corrected chi connectivity index (χ4v) is 3.01. The second-order valence-electron chi connectivity index (χ2n) is 6.06. The molecule has 0 spiro atoms. The minimum absolute atomic E-state index is 0.00326. The summed E-state index contributed by atoms with van der Waals surface area (Å²) in [6.45, 7) is -1.57. The smallest absolute Gasteiger partial charge is 0.354 e. The Morgan fingerprint density at radius 1 is 1.30 bits per heavy atom. The van der Waals surface area contributed by atoms with Gasteiger partial charge in [0.05, 0.1) is 6.10 Å². The number of carboxylic acid groups (broad SMARTS) is 1. The molecule has 1 aromatic heterocycles. The van der Waals surface area contributed by atoms with Crippen LogP contribution in [0.5, 0.6) is 5.88 Å². The average molecular weight is 385 g/mol. The van der Waals surface area contributed by atoms with Crippen molar-refractivity contribution >= 4 is 5.97 Å². The van der Waals surface area contributed by atoms with E-state index in [1.807, 2.05) is 0 Å². The van der Waals surface area contributed by atoms with Gasteiger partial charge in [-0.15, -0.1) is 0 Å². The molecule has 9 heteroatoms. The zero-order chi connectivity index (χ0) is 19.7. The summed E-state index contributed by atoms with van der Waals surface area (Å²) in [5.74, 6) is -3.10. The maximum Gasteiger partial charge on any atom is 0.354 e. The SMILES string of the molecule is CC(OC(F)F)C1CCc2c(-c3ccc(F)cc3F)cc(C(=O)O)nc2O1. The van der Waals surface area contributed by atoms with Crippen LogP contribution < -0.4 is 4.74 Å². The summed E-state index contributed by atoms with van der Waals surface area (Å²) in [6, 6.07) is 4.12. The van der Waals surface area contributed by atoms with Gasteiger partial charge in [-0.25, -0.2) is 18.6 Å². The second-order valence-corrected chi connectivity index (χ2v) is 6.06. The Hall–Kier alpha value is -2.68. The predicted octanol–water partition coefficient (Wildman–Crippen LogP) is 4.05. The van der Waals surface area contributed by atoms with Gasteiger partial charge in [0, 0.05) is 17.2 Å². The third-order valence-corrected chi connectivity index (χ3v) is 4.31. The summed E-state index contributed by atoms with van der Waals surface area (Å²) in [5, 5.41) is 9.27. The zero-order valence-corrected chi connectivity index (χ0v) is 14.1. The molecule has 2 aromatic rings. The molecule has 27 heavy (non-hydrogen) atoms. The van der Waals surface area contributed by atoms with Gasteiger partial charge >= 0.3 is 12.6 Å². The van der Waals surface area contributed by atoms with Gasteiger partial charge in [0.15, 0.2) is 5.69 Å². The topological polar surface area (TPSA) is 68.7 Å². The first kappa shape index (κ1) is 19.1. The molecule has 0 saturated carbocycles. The fourth-order valence-electron chi connectivity index (χ4n) is 3.01. The Balaban J connectivity index is 2.05. The van der Waals surface area contributed by atoms with Crippen LogP contribution in [0, 0.1) is 11.6 Å². The third-order valence-electron chi connectivity index (χ3n) is 4.31. The van der Waals surface area contributed by atoms with E-state index in [0.29, 0.717) is 11.6 Å². The number of benzene rings is 1. The molecular weight excluding hydrogens is 370 g/mol. The monoisotopic (exact) mass is 385 g/mol. The number of nitrogens with zero attached hydrogens (tertiary/aromatic N) is 1. The predicted molar refractivity (Wildman–Crippen MR) is 85.8 cm³/mol. The molecular formula is C18H15F4NO4. The number of fused-ring (bicyclic) bond motifs is 1. The molecule has 1 aromatic carbocycles. The van der Waals surface area contributed by atoms with E-state index in [1.165, 1.54) is 19.1 Å². The summed E-state index contributed by atoms with van der Waals surface area (Å²) in [5.41, 5.74) is 0.217. The van der Waals surface area contributed by atoms with Gasteiger partial charge in [-0.3, -0.25) is 0 Å². The minimum atomic E-state index is -2.98. The van der Waals surface area contributed by atoms with Crippen LogP contribution in [0.25, 0.3) is 11.1 Å². The Morgan fingerprint density at radius 2 is 2.04 bits per heavy atom. The molecule has 0 radical (unpaired) electrons. The summed E-state index contributed by atoms with van der Waals surface area (Å²) in [4.78, 5) is 15.3. The maximum absolute atomic E-state index is 14.2. The number of alkyl halides is 2. The van der Waals surface area contributed by atoms with Gasteiger partial charge in [-0.2, -0.15) is 8.78 Å². The van der Waals surface area contributed by atoms with Crippen molar-refractivity contribution in [1.82, 2.24) is 4.98 Å². The first-order valence-electron chi connectivity index (χ1n) is 8.09. The normalized spacial score (nSPS) is 17.3. The standard InChI is InChI=1S/C18H15F4NO4/c1-8(26-18(21)22)15-5-4-11-12(10-3-2-9(19)6-13(10)20)7-14(17(24)25)23-16(11)27-15/h2-3,6-8,15,18H,4-5H2,1H3,(H,24,25). The van der Waals surface area contributed by atoms with Crippen LogP contribution in [-0.2, 0) is 11.2 Å². The van der Waals surface area contributed by atoms with E-state index < -0.39 is 42.1 Å². The molecule has 1 aliphatic heterocycles. The fraction of sp³-hybridized carbons (Fsp3) is 0.333. The number of carboxylic acids is 1. The molecule has 2 unspecified atom stereocenters. The van der Waals surface area contributed by atoms with E-state index in [0.717, 1.165) is 6.07 Å². The molecule has 0 aliphatic carbocycles. The molecule has 144 valence electrons. The van der Waals surface area contributed by atoms with Crippen molar-refractivity contribution in [2.24, 2.45) is 0 Å². The molecule has 0 fully saturated rings. The Labute approximate surface area is 151 Å². The highest BCUT2D eigenvalue weighted by molar-refractivity contribution is 5.88. The molecule has 1 aliphatic rings. The van der Waals surface area contributed by atoms with Crippen molar-refractivity contribution in [3.63, 3.8) is 0 Å². The first-order chi connectivity index (χ1) is 12.8. The quantitative estimate of drug-likeness (QED) is 0.787. The largest absolute Gasteiger partial charge is 0.477 e. The van der Waals surface area contributed by atoms with Gasteiger partial charge in [-0.1, -0.05) is 0 Å². The van der Waals surface area contributed by atoms with Crippen molar-refractivity contribution in [3.05, 3.63) is 47.2 Å². The van der Waals surface area contributed by atoms with Gasteiger partial charge in [0.2, 0.25) is 5.88 Å². The van der Waals surface area contributed by atoms with Gasteiger partial charge in [0.1, 0.15) is 17.7 Å². The molecule has 0 bridgehead atoms. The number of ether oxygens (including phenoxy) is 2. The summed E-state index contributed by atoms with van der Waals surface area (Å²) < 4.78 is 62.3. The van der Waals surface area contributed by atoms with Crippen molar-refractivity contribution in [3.8, 4) is 17.0 Å². The second kappa shape index (κ2) is 7.51. The van der Waals surface area contributed by atoms with Crippen LogP contribution in [0.2, 0.25) is 0 Å². The molecule has 2 atom stereocenters. The lowest BCUT2D eigenvalue weighted by atomic mass is 9.93. The number of aromatic nitrogens is 1. The number of rotatable bonds is 5. The van der Waals surface area contributed by atoms with E-state index in [9.17, 15) is 27.5 Å². The van der Waals surface area contributed by atoms with Crippen LogP contribution >= 0.6 is 0 Å². The molecule has 3 rings (SSSR count). The Morgan fingerprint density at radius 3 is 2.67 bits per heavy atom. The lowest BCUT2D eigenvalue weighted by molar-refractivity contribution is -0.180. The van der Waals surface area contributed by atoms with Gasteiger partial charge in [0.25, 0.3) is 0 Å². The summed E-state index contributed by atoms with van der Waals surface area (Å²) in [7, 11) is 0. The summed E-state index contributed by atoms with van der Waals surface area (Å²) >= 11 is 0. The highest BCUT2D eigenvalue weighted by atomic mass is 19.3. The van der Waals surface area contributed by atoms with E-state index in [1.54, 1.807) is 0 Å². The number of hydrogen-bond donors (Lipinski definition) is 1. The van der Waals surface area contributed by atoms with E-state index in [4.69, 9.17) is 4.74 Å². The van der Waals surface area contributed by atoms with Crippen LogP contribution in [0.1, 0.15) is 29.4 Å². The number of aromatic carboxylic acids is 1. The molecule has 0 amide bonds. The van der Waals surface area contributed by atoms with E-state index in [2.05, 4.69) is 9.72 Å².